The summed E-state index contributed by atoms with van der Waals surface area (Å²) in [4.78, 5) is 4.42. The van der Waals surface area contributed by atoms with Crippen molar-refractivity contribution in [3.05, 3.63) is 47.7 Å². The van der Waals surface area contributed by atoms with Crippen LogP contribution < -0.4 is 15.8 Å². The summed E-state index contributed by atoms with van der Waals surface area (Å²) in [5, 5.41) is 3.52. The first-order valence-corrected chi connectivity index (χ1v) is 7.50. The van der Waals surface area contributed by atoms with Crippen molar-refractivity contribution >= 4 is 11.5 Å². The van der Waals surface area contributed by atoms with Crippen molar-refractivity contribution in [1.29, 1.82) is 0 Å². The largest absolute Gasteiger partial charge is 0.490 e. The number of fused-ring (bicyclic) bond motifs is 1. The van der Waals surface area contributed by atoms with Gasteiger partial charge in [0.25, 0.3) is 0 Å². The maximum absolute atomic E-state index is 5.86. The Morgan fingerprint density at radius 2 is 2.29 bits per heavy atom. The normalized spacial score (nSPS) is 16.5. The van der Waals surface area contributed by atoms with Crippen LogP contribution in [-0.2, 0) is 6.42 Å². The first-order chi connectivity index (χ1) is 10.3. The van der Waals surface area contributed by atoms with Crippen LogP contribution in [0.1, 0.15) is 36.9 Å². The number of aryl methyl sites for hydroxylation is 1. The van der Waals surface area contributed by atoms with Crippen LogP contribution in [0.4, 0.5) is 11.5 Å². The SMILES string of the molecule is CCCOc1cccnc1NC1CCc2cc(N)ccc21. The van der Waals surface area contributed by atoms with E-state index in [9.17, 15) is 0 Å². The van der Waals surface area contributed by atoms with Crippen molar-refractivity contribution < 1.29 is 4.74 Å². The van der Waals surface area contributed by atoms with Crippen LogP contribution in [0, 0.1) is 0 Å². The molecule has 110 valence electrons. The standard InChI is InChI=1S/C17H21N3O/c1-2-10-21-16-4-3-9-19-17(16)20-15-8-5-12-11-13(18)6-7-14(12)15/h3-4,6-7,9,11,15H,2,5,8,10,18H2,1H3,(H,19,20). The first kappa shape index (κ1) is 13.7. The van der Waals surface area contributed by atoms with Gasteiger partial charge < -0.3 is 15.8 Å². The molecule has 3 N–H and O–H groups in total. The van der Waals surface area contributed by atoms with E-state index in [1.165, 1.54) is 11.1 Å². The molecule has 4 heteroatoms. The van der Waals surface area contributed by atoms with Gasteiger partial charge in [0.05, 0.1) is 12.6 Å². The molecule has 3 rings (SSSR count). The van der Waals surface area contributed by atoms with E-state index in [0.29, 0.717) is 6.61 Å². The van der Waals surface area contributed by atoms with Gasteiger partial charge in [0.15, 0.2) is 11.6 Å². The molecule has 1 aliphatic carbocycles. The van der Waals surface area contributed by atoms with Crippen LogP contribution in [0.25, 0.3) is 0 Å². The molecular formula is C17H21N3O. The van der Waals surface area contributed by atoms with Gasteiger partial charge in [0.2, 0.25) is 0 Å². The van der Waals surface area contributed by atoms with Crippen LogP contribution in [0.3, 0.4) is 0 Å². The molecule has 0 saturated heterocycles. The van der Waals surface area contributed by atoms with E-state index < -0.39 is 0 Å². The predicted molar refractivity (Wildman–Crippen MR) is 85.6 cm³/mol. The molecule has 1 unspecified atom stereocenters. The highest BCUT2D eigenvalue weighted by atomic mass is 16.5. The Hall–Kier alpha value is -2.23. The van der Waals surface area contributed by atoms with Crippen LogP contribution >= 0.6 is 0 Å². The summed E-state index contributed by atoms with van der Waals surface area (Å²) in [6.07, 6.45) is 4.89. The van der Waals surface area contributed by atoms with Gasteiger partial charge in [-0.2, -0.15) is 0 Å². The lowest BCUT2D eigenvalue weighted by atomic mass is 10.1. The van der Waals surface area contributed by atoms with E-state index >= 15 is 0 Å². The third-order valence-electron chi connectivity index (χ3n) is 3.79. The maximum atomic E-state index is 5.86. The molecule has 1 heterocycles. The highest BCUT2D eigenvalue weighted by molar-refractivity contribution is 5.54. The molecule has 2 aromatic rings. The second-order valence-corrected chi connectivity index (χ2v) is 5.39. The zero-order valence-corrected chi connectivity index (χ0v) is 12.3. The van der Waals surface area contributed by atoms with Gasteiger partial charge in [-0.15, -0.1) is 0 Å². The average molecular weight is 283 g/mol. The third kappa shape index (κ3) is 2.94. The average Bonchev–Trinajstić information content (AvgIpc) is 2.88. The number of nitrogen functional groups attached to an aromatic ring is 1. The summed E-state index contributed by atoms with van der Waals surface area (Å²) >= 11 is 0. The van der Waals surface area contributed by atoms with Gasteiger partial charge in [-0.3, -0.25) is 0 Å². The van der Waals surface area contributed by atoms with Crippen molar-refractivity contribution in [1.82, 2.24) is 4.98 Å². The molecule has 1 atom stereocenters. The molecule has 0 fully saturated rings. The van der Waals surface area contributed by atoms with E-state index in [4.69, 9.17) is 10.5 Å². The fourth-order valence-electron chi connectivity index (χ4n) is 2.78. The second kappa shape index (κ2) is 6.04. The minimum Gasteiger partial charge on any atom is -0.490 e. The third-order valence-corrected chi connectivity index (χ3v) is 3.79. The van der Waals surface area contributed by atoms with Crippen molar-refractivity contribution in [2.75, 3.05) is 17.7 Å². The number of rotatable bonds is 5. The van der Waals surface area contributed by atoms with Gasteiger partial charge in [0, 0.05) is 11.9 Å². The summed E-state index contributed by atoms with van der Waals surface area (Å²) in [6, 6.07) is 10.3. The number of hydrogen-bond acceptors (Lipinski definition) is 4. The van der Waals surface area contributed by atoms with E-state index in [-0.39, 0.29) is 6.04 Å². The molecule has 0 bridgehead atoms. The minimum atomic E-state index is 0.277. The number of benzene rings is 1. The fourth-order valence-corrected chi connectivity index (χ4v) is 2.78. The predicted octanol–water partition coefficient (Wildman–Crippen LogP) is 3.55. The molecule has 1 aliphatic rings. The molecule has 0 saturated carbocycles. The molecule has 0 spiro atoms. The van der Waals surface area contributed by atoms with E-state index in [0.717, 1.165) is 36.5 Å². The van der Waals surface area contributed by atoms with Crippen molar-refractivity contribution in [2.45, 2.75) is 32.2 Å². The van der Waals surface area contributed by atoms with E-state index in [1.807, 2.05) is 18.2 Å². The first-order valence-electron chi connectivity index (χ1n) is 7.50. The van der Waals surface area contributed by atoms with Gasteiger partial charge in [-0.25, -0.2) is 4.98 Å². The second-order valence-electron chi connectivity index (χ2n) is 5.39. The summed E-state index contributed by atoms with van der Waals surface area (Å²) in [5.74, 6) is 1.64. The van der Waals surface area contributed by atoms with Gasteiger partial charge in [0.1, 0.15) is 0 Å². The van der Waals surface area contributed by atoms with Crippen molar-refractivity contribution in [2.24, 2.45) is 0 Å². The number of anilines is 2. The zero-order chi connectivity index (χ0) is 14.7. The Morgan fingerprint density at radius 3 is 3.14 bits per heavy atom. The highest BCUT2D eigenvalue weighted by Crippen LogP contribution is 2.36. The van der Waals surface area contributed by atoms with Gasteiger partial charge >= 0.3 is 0 Å². The molecule has 21 heavy (non-hydrogen) atoms. The number of hydrogen-bond donors (Lipinski definition) is 2. The van der Waals surface area contributed by atoms with Crippen molar-refractivity contribution in [3.63, 3.8) is 0 Å². The molecule has 1 aromatic heterocycles. The zero-order valence-electron chi connectivity index (χ0n) is 12.3. The molecule has 0 aliphatic heterocycles. The minimum absolute atomic E-state index is 0.277. The van der Waals surface area contributed by atoms with Crippen LogP contribution in [0.2, 0.25) is 0 Å². The monoisotopic (exact) mass is 283 g/mol. The molecule has 0 radical (unpaired) electrons. The highest BCUT2D eigenvalue weighted by Gasteiger charge is 2.23. The Balaban J connectivity index is 1.80. The van der Waals surface area contributed by atoms with Crippen LogP contribution in [-0.4, -0.2) is 11.6 Å². The van der Waals surface area contributed by atoms with Crippen molar-refractivity contribution in [3.8, 4) is 5.75 Å². The summed E-state index contributed by atoms with van der Waals surface area (Å²) < 4.78 is 5.76. The Bertz CT molecular complexity index is 627. The topological polar surface area (TPSA) is 60.2 Å². The quantitative estimate of drug-likeness (QED) is 0.824. The lowest BCUT2D eigenvalue weighted by Gasteiger charge is -2.17. The number of nitrogens with one attached hydrogen (secondary N) is 1. The Kier molecular flexibility index (Phi) is 3.95. The molecular weight excluding hydrogens is 262 g/mol. The number of nitrogens with zero attached hydrogens (tertiary/aromatic N) is 1. The van der Waals surface area contributed by atoms with Gasteiger partial charge in [-0.1, -0.05) is 13.0 Å². The lowest BCUT2D eigenvalue weighted by Crippen LogP contribution is -2.10. The number of nitrogens with two attached hydrogens (primary N) is 1. The molecule has 4 nitrogen and oxygen atoms in total. The fraction of sp³-hybridized carbons (Fsp3) is 0.353. The van der Waals surface area contributed by atoms with Crippen LogP contribution in [0.5, 0.6) is 5.75 Å². The maximum Gasteiger partial charge on any atom is 0.169 e. The van der Waals surface area contributed by atoms with Crippen LogP contribution in [0.15, 0.2) is 36.5 Å². The summed E-state index contributed by atoms with van der Waals surface area (Å²) in [5.41, 5.74) is 9.34. The Morgan fingerprint density at radius 1 is 1.38 bits per heavy atom. The van der Waals surface area contributed by atoms with E-state index in [1.54, 1.807) is 6.20 Å². The number of aromatic nitrogens is 1. The lowest BCUT2D eigenvalue weighted by molar-refractivity contribution is 0.317. The molecule has 1 aromatic carbocycles. The Labute approximate surface area is 125 Å². The van der Waals surface area contributed by atoms with E-state index in [2.05, 4.69) is 29.4 Å². The number of pyridine rings is 1. The molecule has 0 amide bonds. The summed E-state index contributed by atoms with van der Waals surface area (Å²) in [6.45, 7) is 2.80. The summed E-state index contributed by atoms with van der Waals surface area (Å²) in [7, 11) is 0. The van der Waals surface area contributed by atoms with Gasteiger partial charge in [-0.05, 0) is 54.7 Å². The number of ether oxygens (including phenoxy) is 1. The smallest absolute Gasteiger partial charge is 0.169 e.